The lowest BCUT2D eigenvalue weighted by Gasteiger charge is -2.31. The third-order valence-electron chi connectivity index (χ3n) is 5.33. The van der Waals surface area contributed by atoms with Crippen LogP contribution in [0.5, 0.6) is 0 Å². The van der Waals surface area contributed by atoms with Gasteiger partial charge in [0.05, 0.1) is 5.69 Å². The van der Waals surface area contributed by atoms with Crippen molar-refractivity contribution in [3.05, 3.63) is 76.3 Å². The second-order valence-electron chi connectivity index (χ2n) is 8.44. The largest absolute Gasteiger partial charge is 0.395 e. The molecule has 178 valence electrons. The van der Waals surface area contributed by atoms with Gasteiger partial charge >= 0.3 is 0 Å². The van der Waals surface area contributed by atoms with Crippen molar-refractivity contribution in [2.24, 2.45) is 11.7 Å². The zero-order valence-electron chi connectivity index (χ0n) is 19.4. The fraction of sp³-hybridized carbons (Fsp3) is 0.280. The Kier molecular flexibility index (Phi) is 8.01. The summed E-state index contributed by atoms with van der Waals surface area (Å²) in [6.45, 7) is 6.58. The van der Waals surface area contributed by atoms with Crippen molar-refractivity contribution in [3.8, 4) is 0 Å². The Hall–Kier alpha value is -3.72. The van der Waals surface area contributed by atoms with Gasteiger partial charge in [-0.25, -0.2) is 0 Å². The van der Waals surface area contributed by atoms with Gasteiger partial charge in [-0.05, 0) is 48.5 Å². The molecule has 0 spiro atoms. The maximum absolute atomic E-state index is 13.9. The van der Waals surface area contributed by atoms with Gasteiger partial charge in [-0.3, -0.25) is 19.3 Å². The number of anilines is 2. The van der Waals surface area contributed by atoms with Crippen LogP contribution in [0, 0.1) is 12.8 Å². The minimum absolute atomic E-state index is 0.0461. The van der Waals surface area contributed by atoms with Crippen LogP contribution < -0.4 is 21.7 Å². The van der Waals surface area contributed by atoms with Crippen LogP contribution in [0.4, 0.5) is 11.4 Å². The molecule has 3 aromatic rings. The summed E-state index contributed by atoms with van der Waals surface area (Å²) in [5, 5.41) is 2.97. The molecule has 8 nitrogen and oxygen atoms in total. The van der Waals surface area contributed by atoms with Crippen molar-refractivity contribution in [2.45, 2.75) is 33.2 Å². The maximum Gasteiger partial charge on any atom is 0.273 e. The van der Waals surface area contributed by atoms with Crippen LogP contribution in [0.25, 0.3) is 0 Å². The average molecular weight is 480 g/mol. The highest BCUT2D eigenvalue weighted by atomic mass is 32.1. The number of primary amides is 1. The van der Waals surface area contributed by atoms with Gasteiger partial charge in [0, 0.05) is 12.2 Å². The van der Waals surface area contributed by atoms with E-state index in [1.54, 1.807) is 24.3 Å². The molecule has 3 amide bonds. The third kappa shape index (κ3) is 5.60. The fourth-order valence-corrected chi connectivity index (χ4v) is 4.20. The average Bonchev–Trinajstić information content (AvgIpc) is 3.19. The molecule has 3 rings (SSSR count). The molecule has 0 unspecified atom stereocenters. The van der Waals surface area contributed by atoms with Crippen LogP contribution >= 0.6 is 11.5 Å². The van der Waals surface area contributed by atoms with Crippen LogP contribution in [0.15, 0.2) is 54.6 Å². The van der Waals surface area contributed by atoms with E-state index in [4.69, 9.17) is 11.5 Å². The molecule has 0 aliphatic rings. The molecule has 1 atom stereocenters. The minimum atomic E-state index is -0.971. The number of rotatable bonds is 9. The van der Waals surface area contributed by atoms with E-state index in [1.807, 2.05) is 37.3 Å². The Morgan fingerprint density at radius 2 is 1.71 bits per heavy atom. The Morgan fingerprint density at radius 3 is 2.26 bits per heavy atom. The van der Waals surface area contributed by atoms with E-state index >= 15 is 0 Å². The van der Waals surface area contributed by atoms with E-state index in [0.29, 0.717) is 23.7 Å². The molecule has 1 heterocycles. The molecule has 0 saturated carbocycles. The number of aryl methyl sites for hydroxylation is 1. The van der Waals surface area contributed by atoms with Gasteiger partial charge < -0.3 is 16.8 Å². The van der Waals surface area contributed by atoms with Crippen LogP contribution in [0.1, 0.15) is 57.6 Å². The lowest BCUT2D eigenvalue weighted by Crippen LogP contribution is -2.44. The number of nitrogen functional groups attached to an aromatic ring is 1. The number of hydrogen-bond donors (Lipinski definition) is 3. The number of nitrogens with one attached hydrogen (secondary N) is 1. The number of carbonyl (C=O) groups excluding carboxylic acids is 3. The minimum Gasteiger partial charge on any atom is -0.395 e. The molecular weight excluding hydrogens is 450 g/mol. The number of para-hydroxylation sites is 1. The van der Waals surface area contributed by atoms with E-state index in [1.165, 1.54) is 4.90 Å². The molecule has 0 saturated heterocycles. The molecule has 9 heteroatoms. The topological polar surface area (TPSA) is 131 Å². The monoisotopic (exact) mass is 479 g/mol. The van der Waals surface area contributed by atoms with Crippen LogP contribution in [0.2, 0.25) is 0 Å². The third-order valence-corrected chi connectivity index (χ3v) is 6.18. The molecule has 2 aromatic carbocycles. The summed E-state index contributed by atoms with van der Waals surface area (Å²) in [5.74, 6) is -1.27. The van der Waals surface area contributed by atoms with E-state index in [9.17, 15) is 14.4 Å². The van der Waals surface area contributed by atoms with Crippen LogP contribution in [-0.4, -0.2) is 28.6 Å². The number of nitrogens with two attached hydrogens (primary N) is 2. The van der Waals surface area contributed by atoms with Crippen molar-refractivity contribution in [2.75, 3.05) is 17.2 Å². The summed E-state index contributed by atoms with van der Waals surface area (Å²) in [6.07, 6.45) is 0.801. The second-order valence-corrected chi connectivity index (χ2v) is 9.21. The van der Waals surface area contributed by atoms with Crippen molar-refractivity contribution >= 4 is 40.6 Å². The molecule has 0 aliphatic heterocycles. The fourth-order valence-electron chi connectivity index (χ4n) is 3.46. The van der Waals surface area contributed by atoms with E-state index in [2.05, 4.69) is 23.5 Å². The van der Waals surface area contributed by atoms with Crippen LogP contribution in [-0.2, 0) is 4.79 Å². The van der Waals surface area contributed by atoms with E-state index < -0.39 is 17.9 Å². The number of amides is 3. The Labute approximate surface area is 203 Å². The van der Waals surface area contributed by atoms with Crippen molar-refractivity contribution in [1.82, 2.24) is 9.69 Å². The predicted molar refractivity (Wildman–Crippen MR) is 135 cm³/mol. The molecule has 1 aromatic heterocycles. The zero-order valence-corrected chi connectivity index (χ0v) is 20.3. The van der Waals surface area contributed by atoms with E-state index in [-0.39, 0.29) is 22.2 Å². The summed E-state index contributed by atoms with van der Waals surface area (Å²) < 4.78 is 3.96. The van der Waals surface area contributed by atoms with Crippen molar-refractivity contribution in [1.29, 1.82) is 0 Å². The normalized spacial score (nSPS) is 11.8. The summed E-state index contributed by atoms with van der Waals surface area (Å²) in [7, 11) is 0. The number of benzene rings is 2. The van der Waals surface area contributed by atoms with Gasteiger partial charge in [0.2, 0.25) is 5.91 Å². The van der Waals surface area contributed by atoms with Gasteiger partial charge in [-0.2, -0.15) is 4.37 Å². The first-order valence-electron chi connectivity index (χ1n) is 11.0. The molecule has 0 radical (unpaired) electrons. The van der Waals surface area contributed by atoms with E-state index in [0.717, 1.165) is 23.5 Å². The Morgan fingerprint density at radius 1 is 1.06 bits per heavy atom. The van der Waals surface area contributed by atoms with Crippen molar-refractivity contribution in [3.63, 3.8) is 0 Å². The Bertz CT molecular complexity index is 1160. The predicted octanol–water partition coefficient (Wildman–Crippen LogP) is 3.68. The van der Waals surface area contributed by atoms with Gasteiger partial charge in [0.25, 0.3) is 11.8 Å². The molecule has 5 N–H and O–H groups in total. The van der Waals surface area contributed by atoms with Crippen LogP contribution in [0.3, 0.4) is 0 Å². The highest BCUT2D eigenvalue weighted by Gasteiger charge is 2.35. The highest BCUT2D eigenvalue weighted by Crippen LogP contribution is 2.33. The molecule has 0 fully saturated rings. The summed E-state index contributed by atoms with van der Waals surface area (Å²) in [5.41, 5.74) is 13.3. The summed E-state index contributed by atoms with van der Waals surface area (Å²) >= 11 is 0.785. The van der Waals surface area contributed by atoms with Gasteiger partial charge in [-0.15, -0.1) is 0 Å². The standard InChI is InChI=1S/C25H29N5O3S/c1-15(2)13-14-28-24(32)21(17-11-9-16(3)10-12-17)30(18-7-5-4-6-8-18)25(33)22-19(26)20(23(27)31)29-34-22/h4-12,15,21H,13-14,26H2,1-3H3,(H2,27,31)(H,28,32)/t21-/m0/s1. The number of hydrogen-bond acceptors (Lipinski definition) is 6. The first kappa shape index (κ1) is 24.9. The first-order valence-corrected chi connectivity index (χ1v) is 11.8. The number of carbonyl (C=O) groups is 3. The Balaban J connectivity index is 2.12. The van der Waals surface area contributed by atoms with Gasteiger partial charge in [0.1, 0.15) is 10.9 Å². The van der Waals surface area contributed by atoms with Gasteiger partial charge in [0.15, 0.2) is 5.69 Å². The quantitative estimate of drug-likeness (QED) is 0.431. The molecule has 34 heavy (non-hydrogen) atoms. The molecule has 0 bridgehead atoms. The lowest BCUT2D eigenvalue weighted by molar-refractivity contribution is -0.122. The first-order chi connectivity index (χ1) is 16.2. The smallest absolute Gasteiger partial charge is 0.273 e. The molecular formula is C25H29N5O3S. The summed E-state index contributed by atoms with van der Waals surface area (Å²) in [6, 6.07) is 15.3. The summed E-state index contributed by atoms with van der Waals surface area (Å²) in [4.78, 5) is 40.5. The second kappa shape index (κ2) is 10.9. The highest BCUT2D eigenvalue weighted by molar-refractivity contribution is 7.09. The number of aromatic nitrogens is 1. The maximum atomic E-state index is 13.9. The lowest BCUT2D eigenvalue weighted by atomic mass is 10.0. The number of nitrogens with zero attached hydrogens (tertiary/aromatic N) is 2. The van der Waals surface area contributed by atoms with Crippen molar-refractivity contribution < 1.29 is 14.4 Å². The zero-order chi connectivity index (χ0) is 24.8. The SMILES string of the molecule is Cc1ccc([C@@H](C(=O)NCCC(C)C)N(C(=O)c2snc(C(N)=O)c2N)c2ccccc2)cc1. The molecule has 0 aliphatic carbocycles. The van der Waals surface area contributed by atoms with Gasteiger partial charge in [-0.1, -0.05) is 61.9 Å².